The molecule has 20 heavy (non-hydrogen) atoms. The number of halogens is 2. The van der Waals surface area contributed by atoms with Gasteiger partial charge in [0.1, 0.15) is 5.82 Å². The fourth-order valence-electron chi connectivity index (χ4n) is 1.81. The molecule has 0 aliphatic heterocycles. The number of hydrogen-bond donors (Lipinski definition) is 1. The summed E-state index contributed by atoms with van der Waals surface area (Å²) in [6.45, 7) is 2.29. The van der Waals surface area contributed by atoms with E-state index in [1.165, 1.54) is 24.3 Å². The number of aryl methyl sites for hydroxylation is 1. The zero-order valence-corrected chi connectivity index (χ0v) is 12.3. The molecule has 2 rings (SSSR count). The minimum absolute atomic E-state index is 0.0199. The normalized spacial score (nSPS) is 10.3. The van der Waals surface area contributed by atoms with Crippen molar-refractivity contribution in [3.05, 3.63) is 67.9 Å². The minimum Gasteiger partial charge on any atom is -0.380 e. The second-order valence-electron chi connectivity index (χ2n) is 4.35. The van der Waals surface area contributed by atoms with Crippen LogP contribution in [0.3, 0.4) is 0 Å². The molecule has 0 fully saturated rings. The van der Waals surface area contributed by atoms with Gasteiger partial charge in [-0.05, 0) is 52.2 Å². The second-order valence-corrected chi connectivity index (χ2v) is 5.20. The summed E-state index contributed by atoms with van der Waals surface area (Å²) in [5.74, 6) is -0.275. The summed E-state index contributed by atoms with van der Waals surface area (Å²) in [7, 11) is 0. The van der Waals surface area contributed by atoms with Crippen LogP contribution in [0.15, 0.2) is 40.9 Å². The number of nitro benzene ring substituents is 1. The fourth-order valence-corrected chi connectivity index (χ4v) is 2.20. The molecule has 0 aliphatic carbocycles. The van der Waals surface area contributed by atoms with Crippen LogP contribution in [0.1, 0.15) is 11.1 Å². The molecule has 0 radical (unpaired) electrons. The Hall–Kier alpha value is -1.95. The number of hydrogen-bond acceptors (Lipinski definition) is 3. The Morgan fingerprint density at radius 1 is 1.30 bits per heavy atom. The van der Waals surface area contributed by atoms with Crippen LogP contribution in [-0.4, -0.2) is 4.92 Å². The first-order valence-electron chi connectivity index (χ1n) is 5.90. The third-order valence-corrected chi connectivity index (χ3v) is 3.63. The molecule has 2 aromatic carbocycles. The van der Waals surface area contributed by atoms with E-state index in [-0.39, 0.29) is 11.5 Å². The molecule has 0 saturated heterocycles. The van der Waals surface area contributed by atoms with E-state index in [0.29, 0.717) is 12.2 Å². The molecular formula is C14H12BrFN2O2. The lowest BCUT2D eigenvalue weighted by Crippen LogP contribution is -2.03. The van der Waals surface area contributed by atoms with Crippen molar-refractivity contribution in [2.45, 2.75) is 13.5 Å². The van der Waals surface area contributed by atoms with E-state index in [2.05, 4.69) is 21.2 Å². The highest BCUT2D eigenvalue weighted by molar-refractivity contribution is 9.10. The van der Waals surface area contributed by atoms with Gasteiger partial charge in [-0.15, -0.1) is 0 Å². The van der Waals surface area contributed by atoms with Crippen molar-refractivity contribution in [3.8, 4) is 0 Å². The predicted octanol–water partition coefficient (Wildman–Crippen LogP) is 4.42. The lowest BCUT2D eigenvalue weighted by atomic mass is 10.1. The molecule has 104 valence electrons. The highest BCUT2D eigenvalue weighted by Crippen LogP contribution is 2.27. The zero-order chi connectivity index (χ0) is 14.7. The maximum atomic E-state index is 13.0. The Balaban J connectivity index is 2.18. The van der Waals surface area contributed by atoms with Gasteiger partial charge in [0.15, 0.2) is 0 Å². The molecule has 4 nitrogen and oxygen atoms in total. The van der Waals surface area contributed by atoms with Crippen LogP contribution in [-0.2, 0) is 6.54 Å². The molecule has 0 saturated carbocycles. The molecule has 0 heterocycles. The molecule has 0 aliphatic rings. The van der Waals surface area contributed by atoms with Gasteiger partial charge in [-0.1, -0.05) is 6.07 Å². The Morgan fingerprint density at radius 2 is 2.05 bits per heavy atom. The van der Waals surface area contributed by atoms with Crippen LogP contribution in [0.4, 0.5) is 15.8 Å². The van der Waals surface area contributed by atoms with E-state index >= 15 is 0 Å². The van der Waals surface area contributed by atoms with Crippen LogP contribution >= 0.6 is 15.9 Å². The first kappa shape index (κ1) is 14.5. The third-order valence-electron chi connectivity index (χ3n) is 2.93. The maximum absolute atomic E-state index is 13.0. The lowest BCUT2D eigenvalue weighted by Gasteiger charge is -2.10. The smallest absolute Gasteiger partial charge is 0.271 e. The summed E-state index contributed by atoms with van der Waals surface area (Å²) in [5, 5.41) is 13.9. The third kappa shape index (κ3) is 3.33. The molecule has 6 heteroatoms. The molecule has 2 aromatic rings. The molecule has 0 spiro atoms. The standard InChI is InChI=1S/C14H12BrFN2O2/c1-9-6-11(16)3-2-10(9)8-17-14-7-12(18(19)20)4-5-13(14)15/h2-7,17H,8H2,1H3. The Kier molecular flexibility index (Phi) is 4.34. The van der Waals surface area contributed by atoms with Gasteiger partial charge >= 0.3 is 0 Å². The molecule has 0 unspecified atom stereocenters. The van der Waals surface area contributed by atoms with Gasteiger partial charge in [0.05, 0.1) is 10.6 Å². The van der Waals surface area contributed by atoms with Crippen molar-refractivity contribution in [2.75, 3.05) is 5.32 Å². The van der Waals surface area contributed by atoms with E-state index in [9.17, 15) is 14.5 Å². The van der Waals surface area contributed by atoms with Gasteiger partial charge in [-0.3, -0.25) is 10.1 Å². The topological polar surface area (TPSA) is 55.2 Å². The summed E-state index contributed by atoms with van der Waals surface area (Å²) < 4.78 is 13.8. The number of anilines is 1. The Bertz CT molecular complexity index is 662. The molecule has 1 N–H and O–H groups in total. The first-order chi connectivity index (χ1) is 9.47. The summed E-state index contributed by atoms with van der Waals surface area (Å²) >= 11 is 3.34. The maximum Gasteiger partial charge on any atom is 0.271 e. The molecular weight excluding hydrogens is 327 g/mol. The summed E-state index contributed by atoms with van der Waals surface area (Å²) in [6, 6.07) is 9.06. The van der Waals surface area contributed by atoms with Gasteiger partial charge in [0, 0.05) is 23.2 Å². The molecule has 0 amide bonds. The molecule has 0 bridgehead atoms. The Morgan fingerprint density at radius 3 is 2.70 bits per heavy atom. The quantitative estimate of drug-likeness (QED) is 0.663. The summed E-state index contributed by atoms with van der Waals surface area (Å²) in [6.07, 6.45) is 0. The zero-order valence-electron chi connectivity index (χ0n) is 10.7. The van der Waals surface area contributed by atoms with Gasteiger partial charge in [-0.2, -0.15) is 0 Å². The number of nitrogens with one attached hydrogen (secondary N) is 1. The summed E-state index contributed by atoms with van der Waals surface area (Å²) in [4.78, 5) is 10.3. The Labute approximate surface area is 123 Å². The van der Waals surface area contributed by atoms with E-state index in [1.807, 2.05) is 6.92 Å². The molecule has 0 atom stereocenters. The first-order valence-corrected chi connectivity index (χ1v) is 6.69. The van der Waals surface area contributed by atoms with Crippen LogP contribution in [0, 0.1) is 22.9 Å². The van der Waals surface area contributed by atoms with Gasteiger partial charge < -0.3 is 5.32 Å². The number of nitrogens with zero attached hydrogens (tertiary/aromatic N) is 1. The van der Waals surface area contributed by atoms with Crippen molar-refractivity contribution < 1.29 is 9.31 Å². The van der Waals surface area contributed by atoms with Crippen molar-refractivity contribution in [3.63, 3.8) is 0 Å². The lowest BCUT2D eigenvalue weighted by molar-refractivity contribution is -0.384. The van der Waals surface area contributed by atoms with Gasteiger partial charge in [-0.25, -0.2) is 4.39 Å². The van der Waals surface area contributed by atoms with Gasteiger partial charge in [0.2, 0.25) is 0 Å². The second kappa shape index (κ2) is 6.00. The monoisotopic (exact) mass is 338 g/mol. The summed E-state index contributed by atoms with van der Waals surface area (Å²) in [5.41, 5.74) is 2.42. The fraction of sp³-hybridized carbons (Fsp3) is 0.143. The van der Waals surface area contributed by atoms with Crippen LogP contribution in [0.25, 0.3) is 0 Å². The number of rotatable bonds is 4. The number of benzene rings is 2. The van der Waals surface area contributed by atoms with Crippen molar-refractivity contribution in [2.24, 2.45) is 0 Å². The van der Waals surface area contributed by atoms with E-state index < -0.39 is 4.92 Å². The average molecular weight is 339 g/mol. The van der Waals surface area contributed by atoms with E-state index in [4.69, 9.17) is 0 Å². The molecule has 0 aromatic heterocycles. The predicted molar refractivity (Wildman–Crippen MR) is 79.3 cm³/mol. The highest BCUT2D eigenvalue weighted by atomic mass is 79.9. The van der Waals surface area contributed by atoms with Crippen molar-refractivity contribution >= 4 is 27.3 Å². The average Bonchev–Trinajstić information content (AvgIpc) is 2.39. The van der Waals surface area contributed by atoms with Crippen LogP contribution < -0.4 is 5.32 Å². The van der Waals surface area contributed by atoms with Crippen molar-refractivity contribution in [1.29, 1.82) is 0 Å². The highest BCUT2D eigenvalue weighted by Gasteiger charge is 2.09. The minimum atomic E-state index is -0.444. The SMILES string of the molecule is Cc1cc(F)ccc1CNc1cc([N+](=O)[O-])ccc1Br. The largest absolute Gasteiger partial charge is 0.380 e. The number of nitro groups is 1. The number of non-ortho nitro benzene ring substituents is 1. The van der Waals surface area contributed by atoms with E-state index in [1.54, 1.807) is 12.1 Å². The van der Waals surface area contributed by atoms with E-state index in [0.717, 1.165) is 15.6 Å². The van der Waals surface area contributed by atoms with Gasteiger partial charge in [0.25, 0.3) is 5.69 Å². The van der Waals surface area contributed by atoms with Crippen LogP contribution in [0.5, 0.6) is 0 Å². The van der Waals surface area contributed by atoms with Crippen LogP contribution in [0.2, 0.25) is 0 Å². The van der Waals surface area contributed by atoms with Crippen molar-refractivity contribution in [1.82, 2.24) is 0 Å².